The van der Waals surface area contributed by atoms with Crippen LogP contribution in [0.25, 0.3) is 0 Å². The van der Waals surface area contributed by atoms with Crippen molar-refractivity contribution in [3.8, 4) is 5.75 Å². The maximum absolute atomic E-state index is 12.9. The summed E-state index contributed by atoms with van der Waals surface area (Å²) in [5, 5.41) is 31.6. The van der Waals surface area contributed by atoms with Gasteiger partial charge in [0.2, 0.25) is 17.7 Å². The van der Waals surface area contributed by atoms with Gasteiger partial charge in [-0.1, -0.05) is 12.1 Å². The molecule has 12 heteroatoms. The lowest BCUT2D eigenvalue weighted by Gasteiger charge is -2.28. The van der Waals surface area contributed by atoms with Gasteiger partial charge in [-0.15, -0.1) is 0 Å². The maximum atomic E-state index is 12.9. The van der Waals surface area contributed by atoms with Crippen LogP contribution in [0.3, 0.4) is 0 Å². The second kappa shape index (κ2) is 11.8. The zero-order chi connectivity index (χ0) is 24.5. The first kappa shape index (κ1) is 25.6. The molecule has 1 aliphatic heterocycles. The molecular weight excluding hydrogens is 436 g/mol. The van der Waals surface area contributed by atoms with Crippen molar-refractivity contribution in [2.45, 2.75) is 50.2 Å². The fourth-order valence-corrected chi connectivity index (χ4v) is 3.58. The molecule has 2 rings (SSSR count). The fourth-order valence-electron chi connectivity index (χ4n) is 3.58. The molecule has 7 N–H and O–H groups in total. The van der Waals surface area contributed by atoms with Crippen LogP contribution in [0.2, 0.25) is 0 Å². The van der Waals surface area contributed by atoms with E-state index in [4.69, 9.17) is 15.9 Å². The Balaban J connectivity index is 2.04. The summed E-state index contributed by atoms with van der Waals surface area (Å²) in [5.74, 6) is -4.30. The summed E-state index contributed by atoms with van der Waals surface area (Å²) in [6.07, 6.45) is 0.416. The van der Waals surface area contributed by atoms with Gasteiger partial charge in [0, 0.05) is 13.0 Å². The molecule has 0 aliphatic carbocycles. The first-order valence-corrected chi connectivity index (χ1v) is 10.4. The Morgan fingerprint density at radius 2 is 1.76 bits per heavy atom. The van der Waals surface area contributed by atoms with Crippen LogP contribution in [0.4, 0.5) is 0 Å². The number of hydrogen-bond donors (Lipinski definition) is 6. The molecule has 12 nitrogen and oxygen atoms in total. The molecule has 1 saturated heterocycles. The van der Waals surface area contributed by atoms with Gasteiger partial charge in [0.25, 0.3) is 0 Å². The van der Waals surface area contributed by atoms with Crippen LogP contribution in [0.5, 0.6) is 5.75 Å². The van der Waals surface area contributed by atoms with Gasteiger partial charge in [0.05, 0.1) is 6.04 Å². The predicted octanol–water partition coefficient (Wildman–Crippen LogP) is -1.20. The molecule has 1 fully saturated rings. The predicted molar refractivity (Wildman–Crippen MR) is 114 cm³/mol. The molecule has 3 atom stereocenters. The van der Waals surface area contributed by atoms with Crippen molar-refractivity contribution in [3.05, 3.63) is 29.8 Å². The molecule has 1 heterocycles. The Labute approximate surface area is 189 Å². The van der Waals surface area contributed by atoms with E-state index in [0.717, 1.165) is 5.56 Å². The topological polar surface area (TPSA) is 199 Å². The summed E-state index contributed by atoms with van der Waals surface area (Å²) in [4.78, 5) is 60.9. The first-order chi connectivity index (χ1) is 15.6. The van der Waals surface area contributed by atoms with E-state index >= 15 is 0 Å². The Bertz CT molecular complexity index is 889. The number of hydrogen-bond acceptors (Lipinski definition) is 7. The number of aromatic hydroxyl groups is 1. The van der Waals surface area contributed by atoms with Crippen LogP contribution in [0, 0.1) is 0 Å². The molecule has 1 aromatic carbocycles. The minimum Gasteiger partial charge on any atom is -0.508 e. The molecule has 33 heavy (non-hydrogen) atoms. The lowest BCUT2D eigenvalue weighted by molar-refractivity contribution is -0.141. The number of carbonyl (C=O) groups excluding carboxylic acids is 3. The Morgan fingerprint density at radius 1 is 1.09 bits per heavy atom. The highest BCUT2D eigenvalue weighted by atomic mass is 16.4. The number of carboxylic acid groups (broad SMARTS) is 2. The minimum atomic E-state index is -1.29. The lowest BCUT2D eigenvalue weighted by Crippen LogP contribution is -2.55. The van der Waals surface area contributed by atoms with E-state index < -0.39 is 60.8 Å². The van der Waals surface area contributed by atoms with Crippen LogP contribution in [0.15, 0.2) is 24.3 Å². The highest BCUT2D eigenvalue weighted by Gasteiger charge is 2.37. The molecular formula is C21H28N4O8. The van der Waals surface area contributed by atoms with E-state index in [1.807, 2.05) is 0 Å². The van der Waals surface area contributed by atoms with Gasteiger partial charge >= 0.3 is 11.9 Å². The second-order valence-electron chi connectivity index (χ2n) is 7.77. The summed E-state index contributed by atoms with van der Waals surface area (Å²) in [6, 6.07) is 3.15. The third kappa shape index (κ3) is 7.75. The van der Waals surface area contributed by atoms with E-state index in [1.54, 1.807) is 12.1 Å². The van der Waals surface area contributed by atoms with Gasteiger partial charge in [0.15, 0.2) is 0 Å². The summed E-state index contributed by atoms with van der Waals surface area (Å²) >= 11 is 0. The number of carboxylic acids is 2. The average Bonchev–Trinajstić information content (AvgIpc) is 3.25. The molecule has 0 bridgehead atoms. The number of aliphatic carboxylic acids is 2. The number of nitrogens with two attached hydrogens (primary N) is 1. The number of carbonyl (C=O) groups is 5. The van der Waals surface area contributed by atoms with Gasteiger partial charge in [-0.05, 0) is 43.4 Å². The van der Waals surface area contributed by atoms with Crippen LogP contribution in [0.1, 0.15) is 31.2 Å². The van der Waals surface area contributed by atoms with E-state index in [-0.39, 0.29) is 18.6 Å². The minimum absolute atomic E-state index is 0.0831. The lowest BCUT2D eigenvalue weighted by atomic mass is 10.0. The second-order valence-corrected chi connectivity index (χ2v) is 7.77. The van der Waals surface area contributed by atoms with Crippen LogP contribution in [-0.4, -0.2) is 81.1 Å². The van der Waals surface area contributed by atoms with Crippen molar-refractivity contribution in [2.24, 2.45) is 5.73 Å². The van der Waals surface area contributed by atoms with Crippen molar-refractivity contribution in [1.82, 2.24) is 15.5 Å². The first-order valence-electron chi connectivity index (χ1n) is 10.4. The number of rotatable bonds is 11. The van der Waals surface area contributed by atoms with Gasteiger partial charge in [-0.2, -0.15) is 0 Å². The molecule has 180 valence electrons. The zero-order valence-corrected chi connectivity index (χ0v) is 17.9. The summed E-state index contributed by atoms with van der Waals surface area (Å²) < 4.78 is 0. The third-order valence-electron chi connectivity index (χ3n) is 5.24. The fraction of sp³-hybridized carbons (Fsp3) is 0.476. The summed E-state index contributed by atoms with van der Waals surface area (Å²) in [6.45, 7) is -0.385. The Morgan fingerprint density at radius 3 is 2.36 bits per heavy atom. The number of benzene rings is 1. The maximum Gasteiger partial charge on any atom is 0.322 e. The van der Waals surface area contributed by atoms with Crippen molar-refractivity contribution in [3.63, 3.8) is 0 Å². The smallest absolute Gasteiger partial charge is 0.322 e. The monoisotopic (exact) mass is 464 g/mol. The molecule has 3 amide bonds. The van der Waals surface area contributed by atoms with E-state index in [0.29, 0.717) is 19.4 Å². The van der Waals surface area contributed by atoms with Gasteiger partial charge in [0.1, 0.15) is 24.4 Å². The molecule has 0 saturated carbocycles. The normalized spacial score (nSPS) is 17.1. The van der Waals surface area contributed by atoms with Gasteiger partial charge in [-0.3, -0.25) is 24.0 Å². The number of phenols is 1. The zero-order valence-electron chi connectivity index (χ0n) is 17.9. The molecule has 0 spiro atoms. The Kier molecular flexibility index (Phi) is 9.16. The number of nitrogens with one attached hydrogen (secondary N) is 2. The van der Waals surface area contributed by atoms with Crippen molar-refractivity contribution in [1.29, 1.82) is 0 Å². The molecule has 1 aliphatic rings. The van der Waals surface area contributed by atoms with Crippen LogP contribution in [-0.2, 0) is 30.4 Å². The van der Waals surface area contributed by atoms with Gasteiger partial charge < -0.3 is 36.6 Å². The molecule has 3 unspecified atom stereocenters. The standard InChI is InChI=1S/C21H28N4O8/c22-14(10-12-3-5-13(26)6-4-12)21(33)25-9-1-2-16(25)20(32)24-15(7-8-17(27)28)19(31)23-11-18(29)30/h3-6,14-16,26H,1-2,7-11,22H2,(H,23,31)(H,24,32)(H,27,28)(H,29,30). The van der Waals surface area contributed by atoms with E-state index in [1.165, 1.54) is 17.0 Å². The number of amides is 3. The Hall–Kier alpha value is -3.67. The average molecular weight is 464 g/mol. The highest BCUT2D eigenvalue weighted by molar-refractivity contribution is 5.94. The number of nitrogens with zero attached hydrogens (tertiary/aromatic N) is 1. The van der Waals surface area contributed by atoms with Crippen molar-refractivity contribution < 1.29 is 39.3 Å². The molecule has 1 aromatic rings. The SMILES string of the molecule is NC(Cc1ccc(O)cc1)C(=O)N1CCCC1C(=O)NC(CCC(=O)O)C(=O)NCC(=O)O. The van der Waals surface area contributed by atoms with Crippen molar-refractivity contribution in [2.75, 3.05) is 13.1 Å². The van der Waals surface area contributed by atoms with Crippen LogP contribution >= 0.6 is 0 Å². The largest absolute Gasteiger partial charge is 0.508 e. The highest BCUT2D eigenvalue weighted by Crippen LogP contribution is 2.20. The molecule has 0 aromatic heterocycles. The van der Waals surface area contributed by atoms with Crippen molar-refractivity contribution >= 4 is 29.7 Å². The quantitative estimate of drug-likeness (QED) is 0.233. The summed E-state index contributed by atoms with van der Waals surface area (Å²) in [5.41, 5.74) is 6.79. The van der Waals surface area contributed by atoms with Crippen LogP contribution < -0.4 is 16.4 Å². The molecule has 0 radical (unpaired) electrons. The third-order valence-corrected chi connectivity index (χ3v) is 5.24. The summed E-state index contributed by atoms with van der Waals surface area (Å²) in [7, 11) is 0. The van der Waals surface area contributed by atoms with E-state index in [9.17, 15) is 29.1 Å². The number of likely N-dealkylation sites (tertiary alicyclic amines) is 1. The van der Waals surface area contributed by atoms with Gasteiger partial charge in [-0.25, -0.2) is 0 Å². The van der Waals surface area contributed by atoms with E-state index in [2.05, 4.69) is 10.6 Å². The number of phenolic OH excluding ortho intramolecular Hbond substituents is 1.